The smallest absolute Gasteiger partial charge is 0.311 e. The third-order valence-corrected chi connectivity index (χ3v) is 2.84. The summed E-state index contributed by atoms with van der Waals surface area (Å²) in [5.74, 6) is 0.0619. The Morgan fingerprint density at radius 2 is 1.90 bits per heavy atom. The molecule has 0 heterocycles. The lowest BCUT2D eigenvalue weighted by Crippen LogP contribution is -1.98. The number of carbonyl (C=O) groups is 1. The Bertz CT molecular complexity index is 685. The number of hydrogen-bond acceptors (Lipinski definition) is 4. The molecule has 102 valence electrons. The summed E-state index contributed by atoms with van der Waals surface area (Å²) in [7, 11) is 0. The monoisotopic (exact) mass is 291 g/mol. The number of benzene rings is 2. The van der Waals surface area contributed by atoms with Crippen molar-refractivity contribution in [3.05, 3.63) is 63.2 Å². The molecular weight excluding hydrogens is 282 g/mol. The van der Waals surface area contributed by atoms with Crippen molar-refractivity contribution in [2.75, 3.05) is 0 Å². The van der Waals surface area contributed by atoms with E-state index in [1.54, 1.807) is 24.3 Å². The van der Waals surface area contributed by atoms with Crippen LogP contribution in [0.1, 0.15) is 17.3 Å². The van der Waals surface area contributed by atoms with Crippen molar-refractivity contribution in [3.63, 3.8) is 0 Å². The van der Waals surface area contributed by atoms with Gasteiger partial charge in [-0.25, -0.2) is 0 Å². The number of para-hydroxylation sites is 1. The summed E-state index contributed by atoms with van der Waals surface area (Å²) in [6.45, 7) is 1.40. The fourth-order valence-electron chi connectivity index (χ4n) is 1.69. The van der Waals surface area contributed by atoms with Crippen LogP contribution in [-0.4, -0.2) is 10.7 Å². The second-order valence-electron chi connectivity index (χ2n) is 4.02. The van der Waals surface area contributed by atoms with Gasteiger partial charge in [-0.05, 0) is 25.1 Å². The molecule has 2 aromatic rings. The molecule has 0 radical (unpaired) electrons. The average Bonchev–Trinajstić information content (AvgIpc) is 2.38. The van der Waals surface area contributed by atoms with E-state index in [0.29, 0.717) is 10.6 Å². The highest BCUT2D eigenvalue weighted by atomic mass is 35.5. The van der Waals surface area contributed by atoms with Gasteiger partial charge in [-0.1, -0.05) is 23.7 Å². The molecule has 0 bridgehead atoms. The lowest BCUT2D eigenvalue weighted by Gasteiger charge is -2.09. The summed E-state index contributed by atoms with van der Waals surface area (Å²) >= 11 is 5.82. The van der Waals surface area contributed by atoms with E-state index in [2.05, 4.69) is 0 Å². The highest BCUT2D eigenvalue weighted by molar-refractivity contribution is 6.30. The third-order valence-electron chi connectivity index (χ3n) is 2.60. The minimum absolute atomic E-state index is 0.00352. The molecule has 0 aromatic heterocycles. The van der Waals surface area contributed by atoms with Crippen LogP contribution in [0.25, 0.3) is 0 Å². The fourth-order valence-corrected chi connectivity index (χ4v) is 1.85. The van der Waals surface area contributed by atoms with Crippen molar-refractivity contribution in [3.8, 4) is 11.5 Å². The highest BCUT2D eigenvalue weighted by Gasteiger charge is 2.18. The first-order valence-electron chi connectivity index (χ1n) is 5.71. The Balaban J connectivity index is 2.47. The van der Waals surface area contributed by atoms with Crippen LogP contribution in [0, 0.1) is 10.1 Å². The molecule has 0 atom stereocenters. The van der Waals surface area contributed by atoms with Gasteiger partial charge in [0.05, 0.1) is 10.5 Å². The minimum atomic E-state index is -0.567. The van der Waals surface area contributed by atoms with Crippen molar-refractivity contribution in [1.29, 1.82) is 0 Å². The molecule has 6 heteroatoms. The van der Waals surface area contributed by atoms with Crippen LogP contribution in [0.3, 0.4) is 0 Å². The van der Waals surface area contributed by atoms with Crippen LogP contribution in [-0.2, 0) is 0 Å². The molecular formula is C14H10ClNO4. The van der Waals surface area contributed by atoms with Crippen LogP contribution in [0.15, 0.2) is 42.5 Å². The lowest BCUT2D eigenvalue weighted by molar-refractivity contribution is -0.385. The van der Waals surface area contributed by atoms with Crippen LogP contribution in [0.4, 0.5) is 5.69 Å². The number of carbonyl (C=O) groups excluding carboxylic acids is 1. The SMILES string of the molecule is CC(=O)c1ccccc1Oc1cc(Cl)ccc1[N+](=O)[O-]. The molecule has 0 saturated heterocycles. The van der Waals surface area contributed by atoms with Crippen molar-refractivity contribution < 1.29 is 14.5 Å². The van der Waals surface area contributed by atoms with E-state index >= 15 is 0 Å². The van der Waals surface area contributed by atoms with Gasteiger partial charge >= 0.3 is 5.69 Å². The zero-order valence-electron chi connectivity index (χ0n) is 10.5. The molecule has 0 spiro atoms. The minimum Gasteiger partial charge on any atom is -0.449 e. The van der Waals surface area contributed by atoms with Crippen LogP contribution < -0.4 is 4.74 Å². The maximum atomic E-state index is 11.5. The Morgan fingerprint density at radius 3 is 2.55 bits per heavy atom. The number of nitrogens with zero attached hydrogens (tertiary/aromatic N) is 1. The van der Waals surface area contributed by atoms with Gasteiger partial charge in [0.25, 0.3) is 0 Å². The van der Waals surface area contributed by atoms with Crippen LogP contribution in [0.5, 0.6) is 11.5 Å². The first-order chi connectivity index (χ1) is 9.49. The second kappa shape index (κ2) is 5.71. The lowest BCUT2D eigenvalue weighted by atomic mass is 10.1. The van der Waals surface area contributed by atoms with Gasteiger partial charge in [0.1, 0.15) is 5.75 Å². The molecule has 0 fully saturated rings. The van der Waals surface area contributed by atoms with E-state index in [1.165, 1.54) is 25.1 Å². The van der Waals surface area contributed by atoms with Gasteiger partial charge in [-0.3, -0.25) is 14.9 Å². The van der Waals surface area contributed by atoms with Gasteiger partial charge in [-0.2, -0.15) is 0 Å². The molecule has 0 saturated carbocycles. The fraction of sp³-hybridized carbons (Fsp3) is 0.0714. The van der Waals surface area contributed by atoms with E-state index < -0.39 is 4.92 Å². The zero-order chi connectivity index (χ0) is 14.7. The molecule has 0 N–H and O–H groups in total. The van der Waals surface area contributed by atoms with Gasteiger partial charge in [-0.15, -0.1) is 0 Å². The number of ether oxygens (including phenoxy) is 1. The molecule has 5 nitrogen and oxygen atoms in total. The maximum absolute atomic E-state index is 11.5. The van der Waals surface area contributed by atoms with E-state index in [-0.39, 0.29) is 23.0 Å². The van der Waals surface area contributed by atoms with E-state index in [4.69, 9.17) is 16.3 Å². The Kier molecular flexibility index (Phi) is 4.00. The molecule has 0 aliphatic carbocycles. The summed E-state index contributed by atoms with van der Waals surface area (Å²) in [4.78, 5) is 21.9. The Morgan fingerprint density at radius 1 is 1.20 bits per heavy atom. The van der Waals surface area contributed by atoms with E-state index in [1.807, 2.05) is 0 Å². The summed E-state index contributed by atoms with van der Waals surface area (Å²) < 4.78 is 5.50. The first-order valence-corrected chi connectivity index (χ1v) is 6.08. The van der Waals surface area contributed by atoms with Crippen molar-refractivity contribution in [1.82, 2.24) is 0 Å². The normalized spacial score (nSPS) is 10.1. The molecule has 0 aliphatic rings. The number of halogens is 1. The van der Waals surface area contributed by atoms with Crippen molar-refractivity contribution >= 4 is 23.1 Å². The third kappa shape index (κ3) is 2.95. The average molecular weight is 292 g/mol. The molecule has 0 aliphatic heterocycles. The summed E-state index contributed by atoms with van der Waals surface area (Å²) in [6, 6.07) is 10.5. The zero-order valence-corrected chi connectivity index (χ0v) is 11.3. The molecule has 2 aromatic carbocycles. The number of nitro groups is 1. The van der Waals surface area contributed by atoms with E-state index in [0.717, 1.165) is 0 Å². The number of nitro benzene ring substituents is 1. The Labute approximate surface area is 119 Å². The highest BCUT2D eigenvalue weighted by Crippen LogP contribution is 2.35. The van der Waals surface area contributed by atoms with E-state index in [9.17, 15) is 14.9 Å². The number of Topliss-reactive ketones (excluding diaryl/α,β-unsaturated/α-hetero) is 1. The maximum Gasteiger partial charge on any atom is 0.311 e. The quantitative estimate of drug-likeness (QED) is 0.480. The standard InChI is InChI=1S/C14H10ClNO4/c1-9(17)11-4-2-3-5-13(11)20-14-8-10(15)6-7-12(14)16(18)19/h2-8H,1H3. The van der Waals surface area contributed by atoms with Gasteiger partial charge < -0.3 is 4.74 Å². The number of hydrogen-bond donors (Lipinski definition) is 0. The first kappa shape index (κ1) is 14.0. The number of ketones is 1. The topological polar surface area (TPSA) is 69.4 Å². The molecule has 0 unspecified atom stereocenters. The second-order valence-corrected chi connectivity index (χ2v) is 4.46. The summed E-state index contributed by atoms with van der Waals surface area (Å²) in [5, 5.41) is 11.3. The predicted molar refractivity (Wildman–Crippen MR) is 74.6 cm³/mol. The predicted octanol–water partition coefficient (Wildman–Crippen LogP) is 4.24. The summed E-state index contributed by atoms with van der Waals surface area (Å²) in [6.07, 6.45) is 0. The van der Waals surface area contributed by atoms with Crippen molar-refractivity contribution in [2.45, 2.75) is 6.92 Å². The molecule has 0 amide bonds. The van der Waals surface area contributed by atoms with Gasteiger partial charge in [0.15, 0.2) is 5.78 Å². The van der Waals surface area contributed by atoms with Crippen LogP contribution >= 0.6 is 11.6 Å². The van der Waals surface area contributed by atoms with Gasteiger partial charge in [0.2, 0.25) is 5.75 Å². The molecule has 2 rings (SSSR count). The van der Waals surface area contributed by atoms with Gasteiger partial charge in [0, 0.05) is 17.2 Å². The van der Waals surface area contributed by atoms with Crippen LogP contribution in [0.2, 0.25) is 5.02 Å². The van der Waals surface area contributed by atoms with Crippen molar-refractivity contribution in [2.24, 2.45) is 0 Å². The summed E-state index contributed by atoms with van der Waals surface area (Å²) in [5.41, 5.74) is 0.134. The Hall–Kier alpha value is -2.40. The number of rotatable bonds is 4. The largest absolute Gasteiger partial charge is 0.449 e. The molecule has 20 heavy (non-hydrogen) atoms.